The molecule has 0 amide bonds. The van der Waals surface area contributed by atoms with Gasteiger partial charge < -0.3 is 10.4 Å². The summed E-state index contributed by atoms with van der Waals surface area (Å²) in [5.74, 6) is 0.337. The molecule has 0 bridgehead atoms. The Kier molecular flexibility index (Phi) is 3.70. The molecule has 2 rings (SSSR count). The Labute approximate surface area is 102 Å². The number of alkyl halides is 3. The molecule has 0 radical (unpaired) electrons. The van der Waals surface area contributed by atoms with Gasteiger partial charge in [0.15, 0.2) is 5.69 Å². The summed E-state index contributed by atoms with van der Waals surface area (Å²) >= 11 is 0. The molecule has 1 aromatic heterocycles. The van der Waals surface area contributed by atoms with Gasteiger partial charge in [-0.3, -0.25) is 0 Å². The fraction of sp³-hybridized carbons (Fsp3) is 0.636. The molecular weight excluding hydrogens is 247 g/mol. The molecule has 2 N–H and O–H groups in total. The zero-order chi connectivity index (χ0) is 13.2. The summed E-state index contributed by atoms with van der Waals surface area (Å²) in [5.41, 5.74) is -0.993. The number of nitrogens with one attached hydrogen (secondary N) is 1. The molecule has 1 saturated carbocycles. The maximum Gasteiger partial charge on any atom is 0.435 e. The second kappa shape index (κ2) is 5.09. The van der Waals surface area contributed by atoms with E-state index in [1.165, 1.54) is 6.07 Å². The van der Waals surface area contributed by atoms with E-state index in [4.69, 9.17) is 0 Å². The summed E-state index contributed by atoms with van der Waals surface area (Å²) in [6.45, 7) is 0. The largest absolute Gasteiger partial charge is 0.435 e. The molecule has 0 aliphatic heterocycles. The van der Waals surface area contributed by atoms with Crippen molar-refractivity contribution in [2.24, 2.45) is 0 Å². The maximum absolute atomic E-state index is 12.3. The third-order valence-corrected chi connectivity index (χ3v) is 3.00. The quantitative estimate of drug-likeness (QED) is 0.857. The van der Waals surface area contributed by atoms with Gasteiger partial charge in [0, 0.05) is 6.04 Å². The van der Waals surface area contributed by atoms with Gasteiger partial charge in [-0.2, -0.15) is 13.2 Å². The van der Waals surface area contributed by atoms with Crippen molar-refractivity contribution in [3.63, 3.8) is 0 Å². The Balaban J connectivity index is 1.94. The van der Waals surface area contributed by atoms with E-state index in [0.717, 1.165) is 18.9 Å². The Morgan fingerprint density at radius 3 is 2.28 bits per heavy atom. The lowest BCUT2D eigenvalue weighted by molar-refractivity contribution is -0.141. The van der Waals surface area contributed by atoms with Gasteiger partial charge in [0.1, 0.15) is 5.82 Å². The highest BCUT2D eigenvalue weighted by Crippen LogP contribution is 2.27. The highest BCUT2D eigenvalue weighted by atomic mass is 19.4. The minimum atomic E-state index is -4.46. The van der Waals surface area contributed by atoms with Gasteiger partial charge >= 0.3 is 6.18 Å². The monoisotopic (exact) mass is 261 g/mol. The lowest BCUT2D eigenvalue weighted by Crippen LogP contribution is -2.28. The number of nitrogens with zero attached hydrogens (tertiary/aromatic N) is 2. The summed E-state index contributed by atoms with van der Waals surface area (Å²) in [5, 5.41) is 19.0. The van der Waals surface area contributed by atoms with Gasteiger partial charge in [-0.05, 0) is 37.8 Å². The van der Waals surface area contributed by atoms with Gasteiger partial charge in [-0.15, -0.1) is 10.2 Å². The average Bonchev–Trinajstić information content (AvgIpc) is 2.32. The molecule has 1 fully saturated rings. The summed E-state index contributed by atoms with van der Waals surface area (Å²) in [4.78, 5) is 0. The normalized spacial score (nSPS) is 24.9. The van der Waals surface area contributed by atoms with Crippen LogP contribution in [-0.2, 0) is 6.18 Å². The van der Waals surface area contributed by atoms with Crippen LogP contribution in [0.3, 0.4) is 0 Å². The average molecular weight is 261 g/mol. The molecule has 7 heteroatoms. The first-order valence-electron chi connectivity index (χ1n) is 5.80. The van der Waals surface area contributed by atoms with E-state index in [0.29, 0.717) is 18.7 Å². The van der Waals surface area contributed by atoms with Crippen LogP contribution in [-0.4, -0.2) is 27.4 Å². The number of halogens is 3. The molecule has 0 saturated heterocycles. The topological polar surface area (TPSA) is 58.0 Å². The fourth-order valence-corrected chi connectivity index (χ4v) is 1.99. The van der Waals surface area contributed by atoms with Crippen LogP contribution in [0.1, 0.15) is 31.4 Å². The summed E-state index contributed by atoms with van der Waals surface area (Å²) in [6.07, 6.45) is -1.76. The van der Waals surface area contributed by atoms with Crippen molar-refractivity contribution in [1.29, 1.82) is 0 Å². The molecule has 100 valence electrons. The number of aliphatic hydroxyl groups is 1. The zero-order valence-corrected chi connectivity index (χ0v) is 9.61. The van der Waals surface area contributed by atoms with Crippen LogP contribution in [0, 0.1) is 0 Å². The number of hydrogen-bond acceptors (Lipinski definition) is 4. The van der Waals surface area contributed by atoms with E-state index in [1.54, 1.807) is 0 Å². The van der Waals surface area contributed by atoms with Crippen molar-refractivity contribution in [3.8, 4) is 0 Å². The molecule has 1 aliphatic rings. The highest BCUT2D eigenvalue weighted by molar-refractivity contribution is 5.34. The zero-order valence-electron chi connectivity index (χ0n) is 9.61. The van der Waals surface area contributed by atoms with Crippen LogP contribution in [0.2, 0.25) is 0 Å². The predicted octanol–water partition coefficient (Wildman–Crippen LogP) is 2.21. The number of aliphatic hydroxyl groups excluding tert-OH is 1. The van der Waals surface area contributed by atoms with Gasteiger partial charge in [-0.1, -0.05) is 0 Å². The van der Waals surface area contributed by atoms with Crippen molar-refractivity contribution in [2.45, 2.75) is 44.0 Å². The van der Waals surface area contributed by atoms with Crippen molar-refractivity contribution >= 4 is 5.82 Å². The van der Waals surface area contributed by atoms with E-state index >= 15 is 0 Å². The number of hydrogen-bond donors (Lipinski definition) is 2. The van der Waals surface area contributed by atoms with Gasteiger partial charge in [0.05, 0.1) is 6.10 Å². The molecule has 1 aliphatic carbocycles. The Hall–Kier alpha value is -1.37. The molecule has 1 heterocycles. The van der Waals surface area contributed by atoms with Crippen LogP contribution >= 0.6 is 0 Å². The van der Waals surface area contributed by atoms with Crippen LogP contribution in [0.25, 0.3) is 0 Å². The van der Waals surface area contributed by atoms with E-state index in [2.05, 4.69) is 15.5 Å². The fourth-order valence-electron chi connectivity index (χ4n) is 1.99. The van der Waals surface area contributed by atoms with E-state index in [-0.39, 0.29) is 12.1 Å². The van der Waals surface area contributed by atoms with E-state index in [1.807, 2.05) is 0 Å². The Morgan fingerprint density at radius 2 is 1.78 bits per heavy atom. The van der Waals surface area contributed by atoms with Crippen LogP contribution in [0.5, 0.6) is 0 Å². The predicted molar refractivity (Wildman–Crippen MR) is 58.9 cm³/mol. The first-order chi connectivity index (χ1) is 8.45. The summed E-state index contributed by atoms with van der Waals surface area (Å²) in [7, 11) is 0. The van der Waals surface area contributed by atoms with E-state index < -0.39 is 11.9 Å². The molecule has 0 aromatic carbocycles. The van der Waals surface area contributed by atoms with E-state index in [9.17, 15) is 18.3 Å². The van der Waals surface area contributed by atoms with Crippen LogP contribution in [0.4, 0.5) is 19.0 Å². The number of anilines is 1. The van der Waals surface area contributed by atoms with Crippen molar-refractivity contribution < 1.29 is 18.3 Å². The minimum absolute atomic E-state index is 0.138. The first-order valence-corrected chi connectivity index (χ1v) is 5.80. The smallest absolute Gasteiger partial charge is 0.393 e. The van der Waals surface area contributed by atoms with Crippen LogP contribution in [0.15, 0.2) is 12.1 Å². The van der Waals surface area contributed by atoms with Crippen molar-refractivity contribution in [3.05, 3.63) is 17.8 Å². The Morgan fingerprint density at radius 1 is 1.11 bits per heavy atom. The molecule has 4 nitrogen and oxygen atoms in total. The number of rotatable bonds is 2. The standard InChI is InChI=1S/C11H14F3N3O/c12-11(13,14)9-5-6-10(17-16-9)15-7-1-3-8(18)4-2-7/h5-8,18H,1-4H2,(H,15,17). The highest BCUT2D eigenvalue weighted by Gasteiger charge is 2.33. The minimum Gasteiger partial charge on any atom is -0.393 e. The second-order valence-electron chi connectivity index (χ2n) is 4.45. The van der Waals surface area contributed by atoms with Gasteiger partial charge in [-0.25, -0.2) is 0 Å². The summed E-state index contributed by atoms with van der Waals surface area (Å²) < 4.78 is 36.8. The van der Waals surface area contributed by atoms with Crippen molar-refractivity contribution in [1.82, 2.24) is 10.2 Å². The van der Waals surface area contributed by atoms with Gasteiger partial charge in [0.25, 0.3) is 0 Å². The summed E-state index contributed by atoms with van der Waals surface area (Å²) in [6, 6.07) is 2.33. The number of aromatic nitrogens is 2. The maximum atomic E-state index is 12.3. The first kappa shape index (κ1) is 13.1. The second-order valence-corrected chi connectivity index (χ2v) is 4.45. The lowest BCUT2D eigenvalue weighted by atomic mass is 9.93. The molecule has 0 spiro atoms. The van der Waals surface area contributed by atoms with Gasteiger partial charge in [0.2, 0.25) is 0 Å². The molecule has 0 unspecified atom stereocenters. The molecule has 18 heavy (non-hydrogen) atoms. The molecular formula is C11H14F3N3O. The SMILES string of the molecule is OC1CCC(Nc2ccc(C(F)(F)F)nn2)CC1. The van der Waals surface area contributed by atoms with Crippen LogP contribution < -0.4 is 5.32 Å². The third kappa shape index (κ3) is 3.32. The Bertz CT molecular complexity index is 386. The van der Waals surface area contributed by atoms with Crippen molar-refractivity contribution in [2.75, 3.05) is 5.32 Å². The molecule has 0 atom stereocenters. The molecule has 1 aromatic rings. The lowest BCUT2D eigenvalue weighted by Gasteiger charge is -2.26. The third-order valence-electron chi connectivity index (χ3n) is 3.00.